The van der Waals surface area contributed by atoms with E-state index >= 15 is 0 Å². The number of rotatable bonds is 4. The van der Waals surface area contributed by atoms with Gasteiger partial charge in [0.05, 0.1) is 28.3 Å². The van der Waals surface area contributed by atoms with Crippen LogP contribution in [0.1, 0.15) is 27.8 Å². The Balaban J connectivity index is 0.990. The Morgan fingerprint density at radius 1 is 0.429 bits per heavy atom. The Morgan fingerprint density at radius 2 is 1.02 bits per heavy atom. The van der Waals surface area contributed by atoms with Crippen molar-refractivity contribution in [3.63, 3.8) is 0 Å². The van der Waals surface area contributed by atoms with Gasteiger partial charge in [0.25, 0.3) is 0 Å². The summed E-state index contributed by atoms with van der Waals surface area (Å²) in [5, 5.41) is 10.5. The van der Waals surface area contributed by atoms with E-state index in [4.69, 9.17) is 14.7 Å². The number of nitriles is 1. The Kier molecular flexibility index (Phi) is 7.10. The molecule has 56 heavy (non-hydrogen) atoms. The molecule has 1 aromatic heterocycles. The van der Waals surface area contributed by atoms with Crippen molar-refractivity contribution in [1.82, 2.24) is 9.97 Å². The first-order chi connectivity index (χ1) is 27.7. The molecule has 8 aromatic carbocycles. The molecule has 0 N–H and O–H groups in total. The topological polar surface area (TPSA) is 58.8 Å². The molecule has 0 unspecified atom stereocenters. The predicted octanol–water partition coefficient (Wildman–Crippen LogP) is 12.6. The minimum atomic E-state index is -0.481. The molecule has 260 valence electrons. The Morgan fingerprint density at radius 3 is 1.80 bits per heavy atom. The Labute approximate surface area is 324 Å². The van der Waals surface area contributed by atoms with Crippen LogP contribution >= 0.6 is 0 Å². The van der Waals surface area contributed by atoms with Crippen LogP contribution in [0.4, 0.5) is 0 Å². The molecule has 0 fully saturated rings. The van der Waals surface area contributed by atoms with Gasteiger partial charge in [-0.2, -0.15) is 5.26 Å². The van der Waals surface area contributed by atoms with Gasteiger partial charge in [-0.15, -0.1) is 0 Å². The van der Waals surface area contributed by atoms with Crippen LogP contribution in [0, 0.1) is 11.3 Å². The van der Waals surface area contributed by atoms with Crippen LogP contribution < -0.4 is 4.74 Å². The quantitative estimate of drug-likeness (QED) is 0.182. The molecule has 9 aromatic rings. The van der Waals surface area contributed by atoms with Crippen molar-refractivity contribution in [2.24, 2.45) is 0 Å². The van der Waals surface area contributed by atoms with Gasteiger partial charge in [0.2, 0.25) is 0 Å². The molecular formula is C52H31N3O. The van der Waals surface area contributed by atoms with Crippen molar-refractivity contribution >= 4 is 10.9 Å². The van der Waals surface area contributed by atoms with Gasteiger partial charge in [-0.3, -0.25) is 0 Å². The number of nitrogens with zero attached hydrogens (tertiary/aromatic N) is 3. The maximum absolute atomic E-state index is 9.49. The van der Waals surface area contributed by atoms with Crippen molar-refractivity contribution in [1.29, 1.82) is 5.26 Å². The zero-order valence-electron chi connectivity index (χ0n) is 30.1. The maximum Gasteiger partial charge on any atom is 0.160 e. The number of hydrogen-bond acceptors (Lipinski definition) is 4. The fourth-order valence-electron chi connectivity index (χ4n) is 8.89. The second-order valence-electron chi connectivity index (χ2n) is 14.4. The maximum atomic E-state index is 9.49. The molecule has 1 aliphatic heterocycles. The van der Waals surface area contributed by atoms with E-state index in [0.29, 0.717) is 11.4 Å². The summed E-state index contributed by atoms with van der Waals surface area (Å²) in [6.07, 6.45) is 0. The van der Waals surface area contributed by atoms with E-state index in [-0.39, 0.29) is 0 Å². The van der Waals surface area contributed by atoms with Gasteiger partial charge in [0, 0.05) is 27.6 Å². The van der Waals surface area contributed by atoms with E-state index in [9.17, 15) is 5.26 Å². The van der Waals surface area contributed by atoms with E-state index in [2.05, 4.69) is 146 Å². The zero-order valence-corrected chi connectivity index (χ0v) is 30.1. The summed E-state index contributed by atoms with van der Waals surface area (Å²) in [6, 6.07) is 67.7. The number of aromatic nitrogens is 2. The number of fused-ring (bicyclic) bond motifs is 10. The van der Waals surface area contributed by atoms with E-state index < -0.39 is 5.41 Å². The van der Waals surface area contributed by atoms with Crippen molar-refractivity contribution in [2.75, 3.05) is 0 Å². The van der Waals surface area contributed by atoms with Crippen LogP contribution in [-0.4, -0.2) is 9.97 Å². The average molecular weight is 714 g/mol. The largest absolute Gasteiger partial charge is 0.457 e. The molecule has 4 nitrogen and oxygen atoms in total. The number of benzene rings is 8. The Bertz CT molecular complexity index is 3040. The monoisotopic (exact) mass is 713 g/mol. The highest BCUT2D eigenvalue weighted by Crippen LogP contribution is 2.62. The molecule has 2 aliphatic rings. The van der Waals surface area contributed by atoms with Crippen LogP contribution in [0.3, 0.4) is 0 Å². The first kappa shape index (κ1) is 31.9. The van der Waals surface area contributed by atoms with Crippen LogP contribution in [-0.2, 0) is 5.41 Å². The lowest BCUT2D eigenvalue weighted by Crippen LogP contribution is -2.32. The molecule has 0 atom stereocenters. The van der Waals surface area contributed by atoms with Crippen LogP contribution in [0.2, 0.25) is 0 Å². The lowest BCUT2D eigenvalue weighted by atomic mass is 9.66. The van der Waals surface area contributed by atoms with Gasteiger partial charge in [0.15, 0.2) is 5.82 Å². The van der Waals surface area contributed by atoms with Crippen LogP contribution in [0.15, 0.2) is 188 Å². The normalized spacial score (nSPS) is 12.9. The summed E-state index contributed by atoms with van der Waals surface area (Å²) in [5.74, 6) is 2.40. The van der Waals surface area contributed by atoms with E-state index in [1.54, 1.807) is 0 Å². The molecule has 4 heteroatoms. The van der Waals surface area contributed by atoms with Gasteiger partial charge in [-0.1, -0.05) is 152 Å². The summed E-state index contributed by atoms with van der Waals surface area (Å²) in [5.41, 5.74) is 15.4. The zero-order chi connectivity index (χ0) is 37.2. The highest BCUT2D eigenvalue weighted by Gasteiger charge is 2.50. The number of ether oxygens (including phenoxy) is 1. The first-order valence-corrected chi connectivity index (χ1v) is 18.8. The first-order valence-electron chi connectivity index (χ1n) is 18.8. The smallest absolute Gasteiger partial charge is 0.160 e. The minimum Gasteiger partial charge on any atom is -0.457 e. The molecule has 0 saturated carbocycles. The number of para-hydroxylation sites is 2. The third kappa shape index (κ3) is 4.78. The molecular weight excluding hydrogens is 683 g/mol. The van der Waals surface area contributed by atoms with Crippen molar-refractivity contribution < 1.29 is 4.74 Å². The van der Waals surface area contributed by atoms with E-state index in [0.717, 1.165) is 72.6 Å². The highest BCUT2D eigenvalue weighted by molar-refractivity contribution is 5.95. The molecule has 0 radical (unpaired) electrons. The summed E-state index contributed by atoms with van der Waals surface area (Å²) in [7, 11) is 0. The fourth-order valence-corrected chi connectivity index (χ4v) is 8.89. The van der Waals surface area contributed by atoms with E-state index in [1.807, 2.05) is 48.5 Å². The molecule has 1 aliphatic carbocycles. The summed E-state index contributed by atoms with van der Waals surface area (Å²) < 4.78 is 6.76. The Hall–Kier alpha value is -7.61. The molecule has 0 bridgehead atoms. The second-order valence-corrected chi connectivity index (χ2v) is 14.4. The number of hydrogen-bond donors (Lipinski definition) is 0. The third-order valence-electron chi connectivity index (χ3n) is 11.4. The van der Waals surface area contributed by atoms with Crippen molar-refractivity contribution in [3.05, 3.63) is 216 Å². The van der Waals surface area contributed by atoms with Crippen molar-refractivity contribution in [2.45, 2.75) is 5.41 Å². The van der Waals surface area contributed by atoms with E-state index in [1.165, 1.54) is 22.3 Å². The van der Waals surface area contributed by atoms with Crippen LogP contribution in [0.5, 0.6) is 11.5 Å². The standard InChI is InChI=1S/C52H31N3O/c53-32-33-11-9-12-36(29-33)37-13-10-14-39(30-37)50-42-17-3-7-21-47(42)54-51(55-50)35-25-23-34(24-26-35)38-27-28-46-49(31-38)56-48-22-8-6-20-45(48)52(46)43-18-4-1-15-40(43)41-16-2-5-19-44(41)52/h1-31H. The molecule has 2 heterocycles. The summed E-state index contributed by atoms with van der Waals surface area (Å²) in [6.45, 7) is 0. The lowest BCUT2D eigenvalue weighted by Gasteiger charge is -2.39. The van der Waals surface area contributed by atoms with Gasteiger partial charge >= 0.3 is 0 Å². The second kappa shape index (κ2) is 12.5. The van der Waals surface area contributed by atoms with Crippen molar-refractivity contribution in [3.8, 4) is 73.6 Å². The third-order valence-corrected chi connectivity index (χ3v) is 11.4. The lowest BCUT2D eigenvalue weighted by molar-refractivity contribution is 0.436. The SMILES string of the molecule is N#Cc1cccc(-c2cccc(-c3nc(-c4ccc(-c5ccc6c(c5)Oc5ccccc5C65c6ccccc6-c6ccccc65)cc4)nc4ccccc34)c2)c1. The predicted molar refractivity (Wildman–Crippen MR) is 223 cm³/mol. The molecule has 0 saturated heterocycles. The van der Waals surface area contributed by atoms with Gasteiger partial charge in [-0.25, -0.2) is 9.97 Å². The van der Waals surface area contributed by atoms with Crippen LogP contribution in [0.25, 0.3) is 66.9 Å². The minimum absolute atomic E-state index is 0.481. The molecule has 11 rings (SSSR count). The fraction of sp³-hybridized carbons (Fsp3) is 0.0192. The average Bonchev–Trinajstić information content (AvgIpc) is 3.56. The van der Waals surface area contributed by atoms with Gasteiger partial charge in [0.1, 0.15) is 11.5 Å². The molecule has 1 spiro atoms. The summed E-state index contributed by atoms with van der Waals surface area (Å²) in [4.78, 5) is 10.2. The van der Waals surface area contributed by atoms with Gasteiger partial charge < -0.3 is 4.74 Å². The van der Waals surface area contributed by atoms with Gasteiger partial charge in [-0.05, 0) is 80.9 Å². The highest BCUT2D eigenvalue weighted by atomic mass is 16.5. The molecule has 0 amide bonds. The summed E-state index contributed by atoms with van der Waals surface area (Å²) >= 11 is 0.